The molecule has 2 aromatic carbocycles. The van der Waals surface area contributed by atoms with E-state index >= 15 is 0 Å². The van der Waals surface area contributed by atoms with Crippen LogP contribution in [-0.2, 0) is 16.4 Å². The van der Waals surface area contributed by atoms with Crippen molar-refractivity contribution in [2.45, 2.75) is 12.5 Å². The highest BCUT2D eigenvalue weighted by Gasteiger charge is 2.31. The van der Waals surface area contributed by atoms with Crippen molar-refractivity contribution in [1.29, 1.82) is 0 Å². The molecular weight excluding hydrogens is 388 g/mol. The quantitative estimate of drug-likeness (QED) is 0.756. The number of fused-ring (bicyclic) bond motifs is 1. The molecule has 0 spiro atoms. The minimum Gasteiger partial charge on any atom is -0.496 e. The lowest BCUT2D eigenvalue weighted by Gasteiger charge is -2.34. The van der Waals surface area contributed by atoms with Gasteiger partial charge in [0.2, 0.25) is 10.0 Å². The fraction of sp³-hybridized carbons (Fsp3) is 0.368. The lowest BCUT2D eigenvalue weighted by atomic mass is 9.99. The zero-order valence-electron chi connectivity index (χ0n) is 15.8. The largest absolute Gasteiger partial charge is 0.496 e. The van der Waals surface area contributed by atoms with Crippen LogP contribution in [0.1, 0.15) is 5.56 Å². The summed E-state index contributed by atoms with van der Waals surface area (Å²) < 4.78 is 38.1. The molecule has 0 amide bonds. The van der Waals surface area contributed by atoms with Gasteiger partial charge in [-0.2, -0.15) is 0 Å². The first-order chi connectivity index (χ1) is 12.7. The first kappa shape index (κ1) is 19.8. The van der Waals surface area contributed by atoms with Gasteiger partial charge in [-0.1, -0.05) is 11.6 Å². The van der Waals surface area contributed by atoms with Gasteiger partial charge < -0.3 is 14.4 Å². The van der Waals surface area contributed by atoms with Gasteiger partial charge in [0, 0.05) is 16.6 Å². The Kier molecular flexibility index (Phi) is 5.55. The van der Waals surface area contributed by atoms with Crippen LogP contribution in [0.15, 0.2) is 36.4 Å². The van der Waals surface area contributed by atoms with Gasteiger partial charge >= 0.3 is 0 Å². The van der Waals surface area contributed by atoms with Crippen LogP contribution in [-0.4, -0.2) is 53.4 Å². The summed E-state index contributed by atoms with van der Waals surface area (Å²) in [5, 5.41) is 0.536. The molecule has 2 aromatic rings. The Balaban J connectivity index is 2.17. The lowest BCUT2D eigenvalue weighted by molar-refractivity contribution is 0.163. The number of hydrogen-bond donors (Lipinski definition) is 0. The molecule has 1 atom stereocenters. The molecule has 1 aliphatic heterocycles. The molecular formula is C19H23ClN2O4S. The van der Waals surface area contributed by atoms with E-state index < -0.39 is 10.0 Å². The van der Waals surface area contributed by atoms with E-state index in [9.17, 15) is 8.42 Å². The maximum absolute atomic E-state index is 12.6. The molecule has 0 aliphatic carbocycles. The van der Waals surface area contributed by atoms with Crippen LogP contribution in [0.2, 0.25) is 5.02 Å². The van der Waals surface area contributed by atoms with Gasteiger partial charge in [-0.3, -0.25) is 0 Å². The van der Waals surface area contributed by atoms with Crippen LogP contribution in [0, 0.1) is 0 Å². The van der Waals surface area contributed by atoms with Crippen molar-refractivity contribution in [3.05, 3.63) is 47.0 Å². The number of sulfonamides is 1. The standard InChI is InChI=1S/C19H23ClN2O4S/c1-21(2)15-11-16-18(25-3)10-9-17(19(16)26-12-15)22(27(4,23)24)14-7-5-13(20)6-8-14/h5-10,15H,11-12H2,1-4H3/t15-/m1/s1. The number of rotatable bonds is 5. The van der Waals surface area contributed by atoms with E-state index in [-0.39, 0.29) is 6.04 Å². The molecule has 6 nitrogen and oxygen atoms in total. The molecule has 1 heterocycles. The van der Waals surface area contributed by atoms with Gasteiger partial charge in [0.1, 0.15) is 12.4 Å². The summed E-state index contributed by atoms with van der Waals surface area (Å²) in [5.41, 5.74) is 1.82. The second-order valence-corrected chi connectivity index (χ2v) is 9.00. The highest BCUT2D eigenvalue weighted by Crippen LogP contribution is 2.44. The lowest BCUT2D eigenvalue weighted by Crippen LogP contribution is -2.39. The number of nitrogens with zero attached hydrogens (tertiary/aromatic N) is 2. The Labute approximate surface area is 165 Å². The van der Waals surface area contributed by atoms with Gasteiger partial charge in [0.25, 0.3) is 0 Å². The molecule has 8 heteroatoms. The average molecular weight is 411 g/mol. The number of methoxy groups -OCH3 is 1. The summed E-state index contributed by atoms with van der Waals surface area (Å²) in [6.07, 6.45) is 1.88. The van der Waals surface area contributed by atoms with Gasteiger partial charge in [0.15, 0.2) is 5.75 Å². The maximum atomic E-state index is 12.6. The van der Waals surface area contributed by atoms with Gasteiger partial charge in [-0.25, -0.2) is 12.7 Å². The molecule has 0 saturated heterocycles. The first-order valence-corrected chi connectivity index (χ1v) is 10.7. The summed E-state index contributed by atoms with van der Waals surface area (Å²) in [6.45, 7) is 0.471. The third kappa shape index (κ3) is 4.00. The molecule has 0 aromatic heterocycles. The number of ether oxygens (including phenoxy) is 2. The SMILES string of the molecule is COc1ccc(N(c2ccc(Cl)cc2)S(C)(=O)=O)c2c1C[C@@H](N(C)C)CO2. The Bertz CT molecular complexity index is 929. The Hall–Kier alpha value is -1.96. The molecule has 0 saturated carbocycles. The monoisotopic (exact) mass is 410 g/mol. The van der Waals surface area contributed by atoms with E-state index in [2.05, 4.69) is 4.90 Å². The zero-order valence-corrected chi connectivity index (χ0v) is 17.3. The molecule has 0 radical (unpaired) electrons. The highest BCUT2D eigenvalue weighted by molar-refractivity contribution is 7.92. The summed E-state index contributed by atoms with van der Waals surface area (Å²) in [4.78, 5) is 2.09. The van der Waals surface area contributed by atoms with Crippen molar-refractivity contribution >= 4 is 33.0 Å². The van der Waals surface area contributed by atoms with Gasteiger partial charge in [0.05, 0.1) is 24.7 Å². The van der Waals surface area contributed by atoms with Crippen molar-refractivity contribution in [3.8, 4) is 11.5 Å². The smallest absolute Gasteiger partial charge is 0.236 e. The van der Waals surface area contributed by atoms with Crippen molar-refractivity contribution in [2.24, 2.45) is 0 Å². The van der Waals surface area contributed by atoms with E-state index in [1.54, 1.807) is 43.5 Å². The average Bonchev–Trinajstić information content (AvgIpc) is 2.62. The minimum atomic E-state index is -3.61. The number of anilines is 2. The van der Waals surface area contributed by atoms with Crippen LogP contribution in [0.25, 0.3) is 0 Å². The third-order valence-electron chi connectivity index (χ3n) is 4.62. The normalized spacial score (nSPS) is 16.6. The molecule has 1 aliphatic rings. The third-order valence-corrected chi connectivity index (χ3v) is 5.94. The fourth-order valence-electron chi connectivity index (χ4n) is 3.19. The van der Waals surface area contributed by atoms with Crippen molar-refractivity contribution in [2.75, 3.05) is 38.4 Å². The highest BCUT2D eigenvalue weighted by atomic mass is 35.5. The number of benzene rings is 2. The predicted octanol–water partition coefficient (Wildman–Crippen LogP) is 3.31. The molecule has 146 valence electrons. The molecule has 3 rings (SSSR count). The topological polar surface area (TPSA) is 59.1 Å². The first-order valence-electron chi connectivity index (χ1n) is 8.47. The molecule has 0 bridgehead atoms. The van der Waals surface area contributed by atoms with Crippen molar-refractivity contribution < 1.29 is 17.9 Å². The van der Waals surface area contributed by atoms with E-state index in [0.29, 0.717) is 40.9 Å². The number of likely N-dealkylation sites (N-methyl/N-ethyl adjacent to an activating group) is 1. The van der Waals surface area contributed by atoms with Crippen LogP contribution in [0.3, 0.4) is 0 Å². The summed E-state index contributed by atoms with van der Waals surface area (Å²) in [5.74, 6) is 1.22. The fourth-order valence-corrected chi connectivity index (χ4v) is 4.33. The molecule has 0 N–H and O–H groups in total. The Morgan fingerprint density at radius 2 is 1.81 bits per heavy atom. The Morgan fingerprint density at radius 1 is 1.15 bits per heavy atom. The van der Waals surface area contributed by atoms with Gasteiger partial charge in [-0.05, 0) is 56.9 Å². The maximum Gasteiger partial charge on any atom is 0.236 e. The second kappa shape index (κ2) is 7.58. The summed E-state index contributed by atoms with van der Waals surface area (Å²) in [7, 11) is 1.98. The van der Waals surface area contributed by atoms with Crippen LogP contribution in [0.5, 0.6) is 11.5 Å². The minimum absolute atomic E-state index is 0.184. The second-order valence-electron chi connectivity index (χ2n) is 6.73. The van der Waals surface area contributed by atoms with Crippen LogP contribution in [0.4, 0.5) is 11.4 Å². The van der Waals surface area contributed by atoms with Crippen LogP contribution >= 0.6 is 11.6 Å². The van der Waals surface area contributed by atoms with E-state index in [1.165, 1.54) is 10.6 Å². The Morgan fingerprint density at radius 3 is 2.37 bits per heavy atom. The summed E-state index contributed by atoms with van der Waals surface area (Å²) >= 11 is 5.96. The summed E-state index contributed by atoms with van der Waals surface area (Å²) in [6, 6.07) is 10.3. The van der Waals surface area contributed by atoms with Crippen LogP contribution < -0.4 is 13.8 Å². The predicted molar refractivity (Wildman–Crippen MR) is 108 cm³/mol. The van der Waals surface area contributed by atoms with E-state index in [0.717, 1.165) is 5.56 Å². The molecule has 0 fully saturated rings. The van der Waals surface area contributed by atoms with E-state index in [4.69, 9.17) is 21.1 Å². The number of halogens is 1. The van der Waals surface area contributed by atoms with Gasteiger partial charge in [-0.15, -0.1) is 0 Å². The molecule has 27 heavy (non-hydrogen) atoms. The number of hydrogen-bond acceptors (Lipinski definition) is 5. The molecule has 0 unspecified atom stereocenters. The van der Waals surface area contributed by atoms with E-state index in [1.807, 2.05) is 14.1 Å². The zero-order chi connectivity index (χ0) is 19.8. The van der Waals surface area contributed by atoms with Crippen molar-refractivity contribution in [1.82, 2.24) is 4.90 Å². The van der Waals surface area contributed by atoms with Crippen molar-refractivity contribution in [3.63, 3.8) is 0 Å².